The summed E-state index contributed by atoms with van der Waals surface area (Å²) in [6.07, 6.45) is 3.64. The van der Waals surface area contributed by atoms with Crippen molar-refractivity contribution in [2.75, 3.05) is 0 Å². The van der Waals surface area contributed by atoms with E-state index in [0.717, 1.165) is 44.1 Å². The van der Waals surface area contributed by atoms with Crippen molar-refractivity contribution >= 4 is 54.1 Å². The third-order valence-corrected chi connectivity index (χ3v) is 7.34. The van der Waals surface area contributed by atoms with Crippen molar-refractivity contribution in [3.63, 3.8) is 0 Å². The van der Waals surface area contributed by atoms with Crippen LogP contribution < -0.4 is 0 Å². The van der Waals surface area contributed by atoms with Gasteiger partial charge in [0.25, 0.3) is 0 Å². The minimum Gasteiger partial charge on any atom is -0.254 e. The molecule has 0 N–H and O–H groups in total. The van der Waals surface area contributed by atoms with E-state index in [2.05, 4.69) is 96.0 Å². The smallest absolute Gasteiger partial charge is 0.160 e. The van der Waals surface area contributed by atoms with Crippen molar-refractivity contribution in [2.24, 2.45) is 0 Å². The lowest BCUT2D eigenvalue weighted by Gasteiger charge is -2.13. The summed E-state index contributed by atoms with van der Waals surface area (Å²) >= 11 is 0. The van der Waals surface area contributed by atoms with Crippen molar-refractivity contribution in [1.82, 2.24) is 19.9 Å². The van der Waals surface area contributed by atoms with Gasteiger partial charge < -0.3 is 0 Å². The molecule has 176 valence electrons. The van der Waals surface area contributed by atoms with Gasteiger partial charge in [0.1, 0.15) is 0 Å². The second-order valence-electron chi connectivity index (χ2n) is 9.53. The van der Waals surface area contributed by atoms with E-state index in [-0.39, 0.29) is 0 Å². The third-order valence-electron chi connectivity index (χ3n) is 7.34. The van der Waals surface area contributed by atoms with E-state index in [1.807, 2.05) is 30.6 Å². The van der Waals surface area contributed by atoms with Crippen LogP contribution in [0.5, 0.6) is 0 Å². The van der Waals surface area contributed by atoms with E-state index < -0.39 is 0 Å². The zero-order valence-corrected chi connectivity index (χ0v) is 20.3. The average molecular weight is 485 g/mol. The largest absolute Gasteiger partial charge is 0.254 e. The predicted octanol–water partition coefficient (Wildman–Crippen LogP) is 8.37. The first-order chi connectivity index (χ1) is 18.8. The fourth-order valence-electron chi connectivity index (χ4n) is 5.56. The molecule has 0 bridgehead atoms. The fourth-order valence-corrected chi connectivity index (χ4v) is 5.56. The maximum absolute atomic E-state index is 5.03. The van der Waals surface area contributed by atoms with Crippen LogP contribution in [0.25, 0.3) is 76.9 Å². The second kappa shape index (κ2) is 8.15. The van der Waals surface area contributed by atoms with E-state index >= 15 is 0 Å². The van der Waals surface area contributed by atoms with E-state index in [1.165, 1.54) is 26.9 Å². The summed E-state index contributed by atoms with van der Waals surface area (Å²) in [5.41, 5.74) is 4.37. The summed E-state index contributed by atoms with van der Waals surface area (Å²) in [6.45, 7) is 0. The Labute approximate surface area is 218 Å². The van der Waals surface area contributed by atoms with Crippen LogP contribution in [0, 0.1) is 0 Å². The molecule has 0 atom stereocenters. The molecular formula is C34H20N4. The van der Waals surface area contributed by atoms with Crippen LogP contribution in [0.1, 0.15) is 0 Å². The first kappa shape index (κ1) is 20.9. The number of rotatable bonds is 2. The SMILES string of the molecule is c1ccc2c(c1)ccc1cc(-c3nccc(-c4ccc5ccc6cccnc6c5n4)n3)c3ccccc3c12. The van der Waals surface area contributed by atoms with Crippen LogP contribution in [0.15, 0.2) is 122 Å². The van der Waals surface area contributed by atoms with Gasteiger partial charge in [0, 0.05) is 28.7 Å². The Kier molecular flexibility index (Phi) is 4.49. The Morgan fingerprint density at radius 1 is 0.421 bits per heavy atom. The molecule has 3 aromatic heterocycles. The number of pyridine rings is 2. The standard InChI is InChI=1S/C34H20N4/c1-2-8-25-21(6-1)11-14-24-20-28(26-9-3-4-10-27(26)31(24)25)34-36-19-17-30(38-34)29-16-15-23-13-12-22-7-5-18-35-32(22)33(23)37-29/h1-20H. The topological polar surface area (TPSA) is 51.6 Å². The van der Waals surface area contributed by atoms with Crippen molar-refractivity contribution in [2.45, 2.75) is 0 Å². The molecule has 4 nitrogen and oxygen atoms in total. The molecule has 0 radical (unpaired) electrons. The molecular weight excluding hydrogens is 464 g/mol. The maximum atomic E-state index is 5.03. The van der Waals surface area contributed by atoms with Crippen LogP contribution in [0.3, 0.4) is 0 Å². The highest BCUT2D eigenvalue weighted by molar-refractivity contribution is 6.23. The number of aromatic nitrogens is 4. The molecule has 4 heteroatoms. The van der Waals surface area contributed by atoms with Crippen LogP contribution in [-0.4, -0.2) is 19.9 Å². The monoisotopic (exact) mass is 484 g/mol. The highest BCUT2D eigenvalue weighted by Gasteiger charge is 2.14. The zero-order chi connectivity index (χ0) is 25.1. The first-order valence-corrected chi connectivity index (χ1v) is 12.6. The quantitative estimate of drug-likeness (QED) is 0.231. The summed E-state index contributed by atoms with van der Waals surface area (Å²) in [4.78, 5) is 19.3. The summed E-state index contributed by atoms with van der Waals surface area (Å²) in [7, 11) is 0. The van der Waals surface area contributed by atoms with Crippen LogP contribution in [-0.2, 0) is 0 Å². The van der Waals surface area contributed by atoms with E-state index in [0.29, 0.717) is 5.82 Å². The Bertz CT molecular complexity index is 2200. The van der Waals surface area contributed by atoms with E-state index in [1.54, 1.807) is 0 Å². The lowest BCUT2D eigenvalue weighted by atomic mass is 9.93. The van der Waals surface area contributed by atoms with Gasteiger partial charge in [0.15, 0.2) is 5.82 Å². The van der Waals surface area contributed by atoms with E-state index in [9.17, 15) is 0 Å². The van der Waals surface area contributed by atoms with Gasteiger partial charge >= 0.3 is 0 Å². The normalized spacial score (nSPS) is 11.7. The van der Waals surface area contributed by atoms with E-state index in [4.69, 9.17) is 15.0 Å². The molecule has 5 aromatic carbocycles. The lowest BCUT2D eigenvalue weighted by molar-refractivity contribution is 1.17. The van der Waals surface area contributed by atoms with Crippen molar-refractivity contribution < 1.29 is 0 Å². The van der Waals surface area contributed by atoms with Crippen molar-refractivity contribution in [1.29, 1.82) is 0 Å². The molecule has 0 aliphatic rings. The van der Waals surface area contributed by atoms with Gasteiger partial charge in [0.05, 0.1) is 22.4 Å². The molecule has 8 rings (SSSR count). The summed E-state index contributed by atoms with van der Waals surface area (Å²) in [6, 6.07) is 37.9. The Morgan fingerprint density at radius 3 is 2.03 bits per heavy atom. The number of fused-ring (bicyclic) bond motifs is 8. The highest BCUT2D eigenvalue weighted by atomic mass is 14.9. The van der Waals surface area contributed by atoms with Crippen LogP contribution >= 0.6 is 0 Å². The zero-order valence-electron chi connectivity index (χ0n) is 20.3. The highest BCUT2D eigenvalue weighted by Crippen LogP contribution is 2.37. The van der Waals surface area contributed by atoms with Crippen molar-refractivity contribution in [3.05, 3.63) is 122 Å². The summed E-state index contributed by atoms with van der Waals surface area (Å²) in [5, 5.41) is 9.39. The Morgan fingerprint density at radius 2 is 1.11 bits per heavy atom. The number of nitrogens with zero attached hydrogens (tertiary/aromatic N) is 4. The molecule has 0 fully saturated rings. The van der Waals surface area contributed by atoms with Gasteiger partial charge in [-0.15, -0.1) is 0 Å². The van der Waals surface area contributed by atoms with Gasteiger partial charge in [-0.25, -0.2) is 15.0 Å². The molecule has 0 saturated heterocycles. The summed E-state index contributed by atoms with van der Waals surface area (Å²) < 4.78 is 0. The predicted molar refractivity (Wildman–Crippen MR) is 156 cm³/mol. The Hall–Kier alpha value is -5.22. The molecule has 38 heavy (non-hydrogen) atoms. The number of hydrogen-bond acceptors (Lipinski definition) is 4. The molecule has 0 saturated carbocycles. The molecule has 0 spiro atoms. The Balaban J connectivity index is 1.35. The maximum Gasteiger partial charge on any atom is 0.160 e. The number of benzene rings is 5. The minimum absolute atomic E-state index is 0.687. The second-order valence-corrected chi connectivity index (χ2v) is 9.53. The van der Waals surface area contributed by atoms with Gasteiger partial charge in [-0.05, 0) is 56.6 Å². The number of hydrogen-bond donors (Lipinski definition) is 0. The third kappa shape index (κ3) is 3.17. The van der Waals surface area contributed by atoms with Crippen molar-refractivity contribution in [3.8, 4) is 22.8 Å². The van der Waals surface area contributed by atoms with Crippen LogP contribution in [0.4, 0.5) is 0 Å². The van der Waals surface area contributed by atoms with Gasteiger partial charge in [0.2, 0.25) is 0 Å². The molecule has 8 aromatic rings. The fraction of sp³-hybridized carbons (Fsp3) is 0. The van der Waals surface area contributed by atoms with Gasteiger partial charge in [-0.3, -0.25) is 4.98 Å². The van der Waals surface area contributed by atoms with Gasteiger partial charge in [-0.2, -0.15) is 0 Å². The summed E-state index contributed by atoms with van der Waals surface area (Å²) in [5.74, 6) is 0.687. The molecule has 0 aliphatic carbocycles. The first-order valence-electron chi connectivity index (χ1n) is 12.6. The lowest BCUT2D eigenvalue weighted by Crippen LogP contribution is -1.95. The molecule has 0 aliphatic heterocycles. The minimum atomic E-state index is 0.687. The van der Waals surface area contributed by atoms with Crippen LogP contribution in [0.2, 0.25) is 0 Å². The molecule has 0 amide bonds. The molecule has 3 heterocycles. The average Bonchev–Trinajstić information content (AvgIpc) is 3.00. The molecule has 0 unspecified atom stereocenters. The van der Waals surface area contributed by atoms with Gasteiger partial charge in [-0.1, -0.05) is 84.9 Å².